The second-order valence-corrected chi connectivity index (χ2v) is 4.71. The summed E-state index contributed by atoms with van der Waals surface area (Å²) in [6.07, 6.45) is 0. The van der Waals surface area contributed by atoms with Crippen LogP contribution in [0.5, 0.6) is 0 Å². The van der Waals surface area contributed by atoms with Gasteiger partial charge in [-0.25, -0.2) is 4.98 Å². The van der Waals surface area contributed by atoms with Gasteiger partial charge in [-0.05, 0) is 36.3 Å². The van der Waals surface area contributed by atoms with Crippen molar-refractivity contribution in [1.82, 2.24) is 4.98 Å². The highest BCUT2D eigenvalue weighted by molar-refractivity contribution is 7.80. The molecule has 2 heteroatoms. The quantitative estimate of drug-likeness (QED) is 0.478. The Bertz CT molecular complexity index is 797. The summed E-state index contributed by atoms with van der Waals surface area (Å²) < 4.78 is 0. The molecule has 1 aromatic heterocycles. The number of benzene rings is 2. The normalized spacial score (nSPS) is 9.95. The van der Waals surface area contributed by atoms with E-state index in [4.69, 9.17) is 0 Å². The maximum Gasteiger partial charge on any atom is 0.114 e. The van der Waals surface area contributed by atoms with Gasteiger partial charge in [-0.15, -0.1) is 12.6 Å². The lowest BCUT2D eigenvalue weighted by Gasteiger charge is -1.96. The zero-order valence-corrected chi connectivity index (χ0v) is 11.1. The maximum atomic E-state index is 4.52. The van der Waals surface area contributed by atoms with E-state index >= 15 is 0 Å². The number of para-hydroxylation sites is 1. The third kappa shape index (κ3) is 2.78. The highest BCUT2D eigenvalue weighted by Gasteiger charge is 1.94. The molecule has 0 amide bonds. The topological polar surface area (TPSA) is 12.9 Å². The van der Waals surface area contributed by atoms with Gasteiger partial charge in [0.1, 0.15) is 5.69 Å². The van der Waals surface area contributed by atoms with Gasteiger partial charge in [-0.2, -0.15) is 0 Å². The van der Waals surface area contributed by atoms with Crippen LogP contribution in [0.1, 0.15) is 11.3 Å². The Labute approximate surface area is 117 Å². The molecule has 1 heterocycles. The summed E-state index contributed by atoms with van der Waals surface area (Å²) >= 11 is 4.30. The van der Waals surface area contributed by atoms with Crippen molar-refractivity contribution >= 4 is 23.5 Å². The third-order valence-electron chi connectivity index (χ3n) is 2.78. The van der Waals surface area contributed by atoms with Gasteiger partial charge in [0.2, 0.25) is 0 Å². The Hall–Kier alpha value is -2.24. The van der Waals surface area contributed by atoms with Crippen molar-refractivity contribution in [3.05, 3.63) is 71.9 Å². The Morgan fingerprint density at radius 3 is 2.63 bits per heavy atom. The average molecular weight is 261 g/mol. The van der Waals surface area contributed by atoms with E-state index in [1.54, 1.807) is 0 Å². The Morgan fingerprint density at radius 2 is 1.74 bits per heavy atom. The molecule has 0 unspecified atom stereocenters. The molecule has 0 aliphatic heterocycles. The summed E-state index contributed by atoms with van der Waals surface area (Å²) in [7, 11) is 0. The summed E-state index contributed by atoms with van der Waals surface area (Å²) in [4.78, 5) is 5.44. The van der Waals surface area contributed by atoms with E-state index in [0.29, 0.717) is 0 Å². The lowest BCUT2D eigenvalue weighted by Crippen LogP contribution is -1.84. The van der Waals surface area contributed by atoms with Crippen LogP contribution in [0, 0.1) is 11.8 Å². The van der Waals surface area contributed by atoms with Gasteiger partial charge in [-0.1, -0.05) is 36.3 Å². The second kappa shape index (κ2) is 5.17. The Morgan fingerprint density at radius 1 is 0.842 bits per heavy atom. The van der Waals surface area contributed by atoms with Gasteiger partial charge >= 0.3 is 0 Å². The van der Waals surface area contributed by atoms with E-state index in [1.165, 1.54) is 0 Å². The number of thiol groups is 1. The van der Waals surface area contributed by atoms with E-state index in [9.17, 15) is 0 Å². The van der Waals surface area contributed by atoms with E-state index in [2.05, 4.69) is 29.5 Å². The molecule has 0 aliphatic rings. The van der Waals surface area contributed by atoms with Crippen molar-refractivity contribution in [2.45, 2.75) is 4.90 Å². The van der Waals surface area contributed by atoms with Gasteiger partial charge in [0, 0.05) is 15.8 Å². The zero-order valence-electron chi connectivity index (χ0n) is 10.2. The third-order valence-corrected chi connectivity index (χ3v) is 3.06. The second-order valence-electron chi connectivity index (χ2n) is 4.19. The van der Waals surface area contributed by atoms with Crippen LogP contribution < -0.4 is 0 Å². The molecule has 3 aromatic rings. The first-order valence-corrected chi connectivity index (χ1v) is 6.43. The smallest absolute Gasteiger partial charge is 0.114 e. The minimum atomic E-state index is 0.781. The van der Waals surface area contributed by atoms with Crippen LogP contribution in [0.2, 0.25) is 0 Å². The molecule has 0 bridgehead atoms. The van der Waals surface area contributed by atoms with E-state index in [1.807, 2.05) is 60.7 Å². The van der Waals surface area contributed by atoms with E-state index in [0.717, 1.165) is 27.1 Å². The molecule has 0 saturated carbocycles. The molecule has 0 radical (unpaired) electrons. The SMILES string of the molecule is Sc1cccc(C#Cc2ccc3ccccc3n2)c1. The molecule has 19 heavy (non-hydrogen) atoms. The molecule has 0 atom stereocenters. The van der Waals surface area contributed by atoms with E-state index < -0.39 is 0 Å². The van der Waals surface area contributed by atoms with Crippen molar-refractivity contribution < 1.29 is 0 Å². The van der Waals surface area contributed by atoms with Crippen molar-refractivity contribution in [1.29, 1.82) is 0 Å². The molecule has 90 valence electrons. The number of pyridine rings is 1. The fourth-order valence-electron chi connectivity index (χ4n) is 1.86. The van der Waals surface area contributed by atoms with Crippen LogP contribution in [0.3, 0.4) is 0 Å². The summed E-state index contributed by atoms with van der Waals surface area (Å²) in [6, 6.07) is 19.8. The molecule has 0 fully saturated rings. The van der Waals surface area contributed by atoms with Crippen LogP contribution in [-0.4, -0.2) is 4.98 Å². The van der Waals surface area contributed by atoms with Crippen molar-refractivity contribution in [2.24, 2.45) is 0 Å². The zero-order chi connectivity index (χ0) is 13.1. The summed E-state index contributed by atoms with van der Waals surface area (Å²) in [5, 5.41) is 1.13. The lowest BCUT2D eigenvalue weighted by atomic mass is 10.2. The summed E-state index contributed by atoms with van der Waals surface area (Å²) in [6.45, 7) is 0. The van der Waals surface area contributed by atoms with Crippen molar-refractivity contribution in [3.63, 3.8) is 0 Å². The maximum absolute atomic E-state index is 4.52. The molecule has 0 spiro atoms. The van der Waals surface area contributed by atoms with Gasteiger partial charge in [-0.3, -0.25) is 0 Å². The molecule has 0 saturated heterocycles. The van der Waals surface area contributed by atoms with Crippen molar-refractivity contribution in [3.8, 4) is 11.8 Å². The van der Waals surface area contributed by atoms with Crippen LogP contribution in [0.25, 0.3) is 10.9 Å². The monoisotopic (exact) mass is 261 g/mol. The first kappa shape index (κ1) is 11.8. The largest absolute Gasteiger partial charge is 0.239 e. The van der Waals surface area contributed by atoms with Gasteiger partial charge < -0.3 is 0 Å². The number of hydrogen-bond donors (Lipinski definition) is 1. The lowest BCUT2D eigenvalue weighted by molar-refractivity contribution is 1.36. The average Bonchev–Trinajstić information content (AvgIpc) is 2.45. The Balaban J connectivity index is 1.98. The Kier molecular flexibility index (Phi) is 3.22. The van der Waals surface area contributed by atoms with Crippen molar-refractivity contribution in [2.75, 3.05) is 0 Å². The fraction of sp³-hybridized carbons (Fsp3) is 0. The highest BCUT2D eigenvalue weighted by Crippen LogP contribution is 2.11. The fourth-order valence-corrected chi connectivity index (χ4v) is 2.08. The van der Waals surface area contributed by atoms with Gasteiger partial charge in [0.15, 0.2) is 0 Å². The molecular formula is C17H11NS. The minimum Gasteiger partial charge on any atom is -0.239 e. The number of fused-ring (bicyclic) bond motifs is 1. The van der Waals surface area contributed by atoms with Crippen LogP contribution >= 0.6 is 12.6 Å². The predicted octanol–water partition coefficient (Wildman–Crippen LogP) is 3.92. The molecular weight excluding hydrogens is 250 g/mol. The number of rotatable bonds is 0. The predicted molar refractivity (Wildman–Crippen MR) is 81.4 cm³/mol. The molecule has 3 rings (SSSR count). The summed E-state index contributed by atoms with van der Waals surface area (Å²) in [5.74, 6) is 6.19. The van der Waals surface area contributed by atoms with Crippen LogP contribution in [0.15, 0.2) is 65.6 Å². The highest BCUT2D eigenvalue weighted by atomic mass is 32.1. The van der Waals surface area contributed by atoms with Crippen LogP contribution in [0.4, 0.5) is 0 Å². The molecule has 0 N–H and O–H groups in total. The van der Waals surface area contributed by atoms with E-state index in [-0.39, 0.29) is 0 Å². The number of aromatic nitrogens is 1. The number of nitrogens with zero attached hydrogens (tertiary/aromatic N) is 1. The minimum absolute atomic E-state index is 0.781. The first-order chi connectivity index (χ1) is 9.31. The standard InChI is InChI=1S/C17H11NS/c19-16-6-3-4-13(12-16)8-10-15-11-9-14-5-1-2-7-17(14)18-15/h1-7,9,11-12,19H. The molecule has 0 aliphatic carbocycles. The van der Waals surface area contributed by atoms with Gasteiger partial charge in [0.25, 0.3) is 0 Å². The first-order valence-electron chi connectivity index (χ1n) is 5.98. The molecule has 1 nitrogen and oxygen atoms in total. The number of hydrogen-bond acceptors (Lipinski definition) is 2. The van der Waals surface area contributed by atoms with Crippen LogP contribution in [-0.2, 0) is 0 Å². The molecule has 2 aromatic carbocycles. The summed E-state index contributed by atoms with van der Waals surface area (Å²) in [5.41, 5.74) is 2.70. The van der Waals surface area contributed by atoms with Gasteiger partial charge in [0.05, 0.1) is 5.52 Å².